The van der Waals surface area contributed by atoms with Crippen LogP contribution in [-0.2, 0) is 9.59 Å². The van der Waals surface area contributed by atoms with E-state index in [-0.39, 0.29) is 17.4 Å². The smallest absolute Gasteiger partial charge is 0.313 e. The topological polar surface area (TPSA) is 57.6 Å². The zero-order valence-corrected chi connectivity index (χ0v) is 10.3. The number of carbonyl (C=O) groups is 2. The number of carbonyl (C=O) groups excluding carboxylic acids is 1. The van der Waals surface area contributed by atoms with E-state index in [0.717, 1.165) is 24.7 Å². The Morgan fingerprint density at radius 2 is 1.93 bits per heavy atom. The van der Waals surface area contributed by atoms with Crippen molar-refractivity contribution in [2.75, 3.05) is 25.1 Å². The predicted molar refractivity (Wildman–Crippen MR) is 62.1 cm³/mol. The van der Waals surface area contributed by atoms with Crippen LogP contribution in [0.3, 0.4) is 0 Å². The van der Waals surface area contributed by atoms with Gasteiger partial charge >= 0.3 is 5.97 Å². The van der Waals surface area contributed by atoms with Gasteiger partial charge in [-0.2, -0.15) is 0 Å². The molecule has 0 aromatic heterocycles. The lowest BCUT2D eigenvalue weighted by Crippen LogP contribution is -2.30. The third-order valence-electron chi connectivity index (χ3n) is 1.92. The quantitative estimate of drug-likeness (QED) is 0.720. The maximum atomic E-state index is 11.4. The number of aliphatic carboxylic acids is 1. The van der Waals surface area contributed by atoms with Crippen molar-refractivity contribution in [2.45, 2.75) is 20.3 Å². The van der Waals surface area contributed by atoms with Gasteiger partial charge in [-0.3, -0.25) is 9.59 Å². The van der Waals surface area contributed by atoms with Crippen LogP contribution in [-0.4, -0.2) is 47.0 Å². The van der Waals surface area contributed by atoms with Crippen molar-refractivity contribution in [1.29, 1.82) is 0 Å². The van der Waals surface area contributed by atoms with E-state index in [1.165, 1.54) is 0 Å². The number of thioether (sulfide) groups is 1. The lowest BCUT2D eigenvalue weighted by atomic mass is 10.1. The van der Waals surface area contributed by atoms with Gasteiger partial charge in [-0.25, -0.2) is 0 Å². The van der Waals surface area contributed by atoms with E-state index >= 15 is 0 Å². The third kappa shape index (κ3) is 8.30. The van der Waals surface area contributed by atoms with Crippen molar-refractivity contribution in [2.24, 2.45) is 5.92 Å². The van der Waals surface area contributed by atoms with E-state index in [9.17, 15) is 9.59 Å². The molecule has 0 aliphatic heterocycles. The van der Waals surface area contributed by atoms with Gasteiger partial charge in [0.2, 0.25) is 5.91 Å². The van der Waals surface area contributed by atoms with Crippen molar-refractivity contribution in [3.8, 4) is 0 Å². The average Bonchev–Trinajstić information content (AvgIpc) is 2.13. The zero-order valence-electron chi connectivity index (χ0n) is 9.52. The summed E-state index contributed by atoms with van der Waals surface area (Å²) < 4.78 is 0. The lowest BCUT2D eigenvalue weighted by Gasteiger charge is -2.17. The Balaban J connectivity index is 3.64. The van der Waals surface area contributed by atoms with Crippen molar-refractivity contribution in [3.63, 3.8) is 0 Å². The van der Waals surface area contributed by atoms with Gasteiger partial charge in [0.05, 0.1) is 11.5 Å². The van der Waals surface area contributed by atoms with Crippen LogP contribution >= 0.6 is 11.8 Å². The Labute approximate surface area is 95.0 Å². The second-order valence-corrected chi connectivity index (χ2v) is 4.87. The molecule has 0 aromatic carbocycles. The SMILES string of the molecule is CC(C)CCN(C)C(=O)CSCC(=O)O. The molecule has 0 radical (unpaired) electrons. The summed E-state index contributed by atoms with van der Waals surface area (Å²) in [6.07, 6.45) is 0.978. The molecule has 4 nitrogen and oxygen atoms in total. The number of carboxylic acid groups (broad SMARTS) is 1. The first kappa shape index (κ1) is 14.3. The lowest BCUT2D eigenvalue weighted by molar-refractivity contribution is -0.133. The first-order chi connectivity index (χ1) is 6.93. The van der Waals surface area contributed by atoms with Crippen LogP contribution in [0, 0.1) is 5.92 Å². The molecule has 88 valence electrons. The van der Waals surface area contributed by atoms with Crippen molar-refractivity contribution >= 4 is 23.6 Å². The van der Waals surface area contributed by atoms with Crippen LogP contribution in [0.2, 0.25) is 0 Å². The van der Waals surface area contributed by atoms with Gasteiger partial charge in [0.1, 0.15) is 0 Å². The fraction of sp³-hybridized carbons (Fsp3) is 0.800. The molecule has 0 saturated carbocycles. The molecule has 0 rings (SSSR count). The van der Waals surface area contributed by atoms with Gasteiger partial charge in [0.15, 0.2) is 0 Å². The maximum absolute atomic E-state index is 11.4. The minimum absolute atomic E-state index is 0.00176. The van der Waals surface area contributed by atoms with E-state index in [1.54, 1.807) is 11.9 Å². The van der Waals surface area contributed by atoms with Crippen LogP contribution in [0.15, 0.2) is 0 Å². The highest BCUT2D eigenvalue weighted by molar-refractivity contribution is 8.00. The van der Waals surface area contributed by atoms with Gasteiger partial charge < -0.3 is 10.0 Å². The molecular formula is C10H19NO3S. The van der Waals surface area contributed by atoms with Crippen LogP contribution in [0.5, 0.6) is 0 Å². The van der Waals surface area contributed by atoms with Gasteiger partial charge in [-0.1, -0.05) is 13.8 Å². The highest BCUT2D eigenvalue weighted by Crippen LogP contribution is 2.04. The van der Waals surface area contributed by atoms with Crippen molar-refractivity contribution < 1.29 is 14.7 Å². The summed E-state index contributed by atoms with van der Waals surface area (Å²) in [4.78, 5) is 23.3. The van der Waals surface area contributed by atoms with Gasteiger partial charge in [0, 0.05) is 13.6 Å². The molecule has 0 unspecified atom stereocenters. The van der Waals surface area contributed by atoms with Crippen molar-refractivity contribution in [3.05, 3.63) is 0 Å². The molecule has 0 aromatic rings. The van der Waals surface area contributed by atoms with Gasteiger partial charge in [-0.15, -0.1) is 11.8 Å². The number of nitrogens with zero attached hydrogens (tertiary/aromatic N) is 1. The number of rotatable bonds is 7. The normalized spacial score (nSPS) is 10.4. The Morgan fingerprint density at radius 3 is 2.40 bits per heavy atom. The van der Waals surface area contributed by atoms with Crippen LogP contribution in [0.1, 0.15) is 20.3 Å². The fourth-order valence-corrected chi connectivity index (χ4v) is 1.58. The maximum Gasteiger partial charge on any atom is 0.313 e. The molecule has 5 heteroatoms. The fourth-order valence-electron chi connectivity index (χ4n) is 0.912. The van der Waals surface area contributed by atoms with Crippen LogP contribution < -0.4 is 0 Å². The van der Waals surface area contributed by atoms with E-state index in [4.69, 9.17) is 5.11 Å². The molecule has 0 fully saturated rings. The molecule has 0 aliphatic carbocycles. The number of hydrogen-bond acceptors (Lipinski definition) is 3. The average molecular weight is 233 g/mol. The summed E-state index contributed by atoms with van der Waals surface area (Å²) in [5.74, 6) is -0.0588. The van der Waals surface area contributed by atoms with E-state index < -0.39 is 5.97 Å². The second kappa shape index (κ2) is 7.56. The number of hydrogen-bond donors (Lipinski definition) is 1. The molecule has 1 N–H and O–H groups in total. The monoisotopic (exact) mass is 233 g/mol. The molecule has 1 amide bonds. The third-order valence-corrected chi connectivity index (χ3v) is 2.82. The highest BCUT2D eigenvalue weighted by atomic mass is 32.2. The summed E-state index contributed by atoms with van der Waals surface area (Å²) in [7, 11) is 1.76. The zero-order chi connectivity index (χ0) is 11.8. The predicted octanol–water partition coefficient (Wildman–Crippen LogP) is 1.31. The number of carboxylic acids is 1. The molecule has 0 aliphatic rings. The second-order valence-electron chi connectivity index (χ2n) is 3.88. The molecule has 0 atom stereocenters. The Morgan fingerprint density at radius 1 is 1.33 bits per heavy atom. The van der Waals surface area contributed by atoms with Gasteiger partial charge in [0.25, 0.3) is 0 Å². The largest absolute Gasteiger partial charge is 0.481 e. The highest BCUT2D eigenvalue weighted by Gasteiger charge is 2.09. The molecule has 0 spiro atoms. The Hall–Kier alpha value is -0.710. The molecule has 0 saturated heterocycles. The summed E-state index contributed by atoms with van der Waals surface area (Å²) in [5.41, 5.74) is 0. The summed E-state index contributed by atoms with van der Waals surface area (Å²) in [5, 5.41) is 8.40. The summed E-state index contributed by atoms with van der Waals surface area (Å²) in [6, 6.07) is 0. The standard InChI is InChI=1S/C10H19NO3S/c1-8(2)4-5-11(3)9(12)6-15-7-10(13)14/h8H,4-7H2,1-3H3,(H,13,14). The molecule has 0 heterocycles. The Bertz CT molecular complexity index is 219. The van der Waals surface area contributed by atoms with E-state index in [0.29, 0.717) is 5.92 Å². The molecule has 15 heavy (non-hydrogen) atoms. The Kier molecular flexibility index (Phi) is 7.21. The molecule has 0 bridgehead atoms. The number of amides is 1. The van der Waals surface area contributed by atoms with Crippen LogP contribution in [0.4, 0.5) is 0 Å². The van der Waals surface area contributed by atoms with Crippen LogP contribution in [0.25, 0.3) is 0 Å². The van der Waals surface area contributed by atoms with Gasteiger partial charge in [-0.05, 0) is 12.3 Å². The van der Waals surface area contributed by atoms with E-state index in [2.05, 4.69) is 13.8 Å². The first-order valence-electron chi connectivity index (χ1n) is 4.97. The minimum atomic E-state index is -0.877. The minimum Gasteiger partial charge on any atom is -0.481 e. The first-order valence-corrected chi connectivity index (χ1v) is 6.12. The molecular weight excluding hydrogens is 214 g/mol. The van der Waals surface area contributed by atoms with Crippen molar-refractivity contribution in [1.82, 2.24) is 4.90 Å². The summed E-state index contributed by atoms with van der Waals surface area (Å²) in [6.45, 7) is 4.96. The summed E-state index contributed by atoms with van der Waals surface area (Å²) >= 11 is 1.14. The van der Waals surface area contributed by atoms with E-state index in [1.807, 2.05) is 0 Å².